The molecule has 2 amide bonds. The number of carbonyl (C=O) groups is 2. The molecule has 4 aromatic carbocycles. The minimum atomic E-state index is -4.10. The fraction of sp³-hybridized carbons (Fsp3) is 0.161. The lowest BCUT2D eigenvalue weighted by molar-refractivity contribution is 0.0935. The number of benzene rings is 4. The van der Waals surface area contributed by atoms with Gasteiger partial charge in [-0.2, -0.15) is 0 Å². The van der Waals surface area contributed by atoms with Crippen LogP contribution in [0.25, 0.3) is 0 Å². The number of sulfone groups is 1. The molecule has 0 saturated heterocycles. The van der Waals surface area contributed by atoms with E-state index in [0.29, 0.717) is 6.42 Å². The molecule has 1 aliphatic rings. The second-order valence-electron chi connectivity index (χ2n) is 9.56. The van der Waals surface area contributed by atoms with Crippen molar-refractivity contribution in [2.75, 3.05) is 4.90 Å². The van der Waals surface area contributed by atoms with E-state index in [2.05, 4.69) is 5.32 Å². The van der Waals surface area contributed by atoms with Gasteiger partial charge in [0, 0.05) is 17.2 Å². The molecule has 1 unspecified atom stereocenters. The molecule has 0 aromatic heterocycles. The summed E-state index contributed by atoms with van der Waals surface area (Å²) in [7, 11) is -4.10. The van der Waals surface area contributed by atoms with E-state index in [1.165, 1.54) is 47.4 Å². The Kier molecular flexibility index (Phi) is 7.30. The highest BCUT2D eigenvalue weighted by atomic mass is 32.2. The van der Waals surface area contributed by atoms with Crippen LogP contribution in [-0.2, 0) is 22.8 Å². The maximum Gasteiger partial charge on any atom is 0.259 e. The SMILES string of the molecule is CC(CCc1ccccc1)NC(=O)c1ccc2c(c1)N(Cc1ccccc1F)C(=O)c1ccccc1S2(=O)=O. The molecule has 1 aliphatic heterocycles. The molecule has 8 heteroatoms. The Balaban J connectivity index is 1.50. The van der Waals surface area contributed by atoms with E-state index in [1.807, 2.05) is 37.3 Å². The van der Waals surface area contributed by atoms with Crippen LogP contribution in [0, 0.1) is 5.82 Å². The Morgan fingerprint density at radius 1 is 0.897 bits per heavy atom. The second kappa shape index (κ2) is 10.8. The largest absolute Gasteiger partial charge is 0.350 e. The molecule has 0 aliphatic carbocycles. The number of anilines is 1. The van der Waals surface area contributed by atoms with Gasteiger partial charge in [0.05, 0.1) is 27.6 Å². The number of nitrogens with zero attached hydrogens (tertiary/aromatic N) is 1. The summed E-state index contributed by atoms with van der Waals surface area (Å²) in [5.41, 5.74) is 1.61. The standard InChI is InChI=1S/C31H27FN2O4S/c1-21(15-16-22-9-3-2-4-10-22)33-30(35)23-17-18-29-27(19-23)34(20-24-11-5-7-13-26(24)32)31(36)25-12-6-8-14-28(25)39(29,37)38/h2-14,17-19,21H,15-16,20H2,1H3,(H,33,35). The fourth-order valence-corrected chi connectivity index (χ4v) is 6.34. The monoisotopic (exact) mass is 542 g/mol. The van der Waals surface area contributed by atoms with Crippen molar-refractivity contribution in [3.05, 3.63) is 125 Å². The molecular formula is C31H27FN2O4S. The van der Waals surface area contributed by atoms with Gasteiger partial charge in [-0.15, -0.1) is 0 Å². The number of carbonyl (C=O) groups excluding carboxylic acids is 2. The molecular weight excluding hydrogens is 515 g/mol. The molecule has 0 radical (unpaired) electrons. The number of amides is 2. The zero-order valence-corrected chi connectivity index (χ0v) is 22.1. The quantitative estimate of drug-likeness (QED) is 0.331. The second-order valence-corrected chi connectivity index (χ2v) is 11.5. The first kappa shape index (κ1) is 26.3. The Morgan fingerprint density at radius 3 is 2.36 bits per heavy atom. The van der Waals surface area contributed by atoms with Gasteiger partial charge in [-0.3, -0.25) is 9.59 Å². The number of fused-ring (bicyclic) bond motifs is 2. The van der Waals surface area contributed by atoms with E-state index >= 15 is 0 Å². The summed E-state index contributed by atoms with van der Waals surface area (Å²) in [4.78, 5) is 27.9. The van der Waals surface area contributed by atoms with Crippen LogP contribution in [0.4, 0.5) is 10.1 Å². The fourth-order valence-electron chi connectivity index (χ4n) is 4.71. The molecule has 1 N–H and O–H groups in total. The van der Waals surface area contributed by atoms with Gasteiger partial charge in [0.1, 0.15) is 5.82 Å². The third-order valence-electron chi connectivity index (χ3n) is 6.83. The first-order chi connectivity index (χ1) is 18.8. The zero-order chi connectivity index (χ0) is 27.6. The van der Waals surface area contributed by atoms with E-state index in [1.54, 1.807) is 24.3 Å². The van der Waals surface area contributed by atoms with Gasteiger partial charge in [-0.25, -0.2) is 12.8 Å². The first-order valence-corrected chi connectivity index (χ1v) is 14.1. The Bertz CT molecular complexity index is 1650. The summed E-state index contributed by atoms with van der Waals surface area (Å²) < 4.78 is 41.9. The van der Waals surface area contributed by atoms with Crippen LogP contribution < -0.4 is 10.2 Å². The number of halogens is 1. The zero-order valence-electron chi connectivity index (χ0n) is 21.3. The van der Waals surface area contributed by atoms with Gasteiger partial charge in [-0.1, -0.05) is 60.7 Å². The van der Waals surface area contributed by atoms with Crippen molar-refractivity contribution in [1.82, 2.24) is 5.32 Å². The number of aryl methyl sites for hydroxylation is 1. The maximum absolute atomic E-state index is 14.6. The third-order valence-corrected chi connectivity index (χ3v) is 8.69. The van der Waals surface area contributed by atoms with E-state index in [-0.39, 0.29) is 44.8 Å². The van der Waals surface area contributed by atoms with E-state index < -0.39 is 27.5 Å². The molecule has 0 bridgehead atoms. The molecule has 198 valence electrons. The summed E-state index contributed by atoms with van der Waals surface area (Å²) in [6, 6.07) is 25.9. The van der Waals surface area contributed by atoms with Gasteiger partial charge in [0.2, 0.25) is 9.84 Å². The highest BCUT2D eigenvalue weighted by Gasteiger charge is 2.36. The van der Waals surface area contributed by atoms with Crippen molar-refractivity contribution in [3.8, 4) is 0 Å². The van der Waals surface area contributed by atoms with E-state index in [4.69, 9.17) is 0 Å². The van der Waals surface area contributed by atoms with Crippen molar-refractivity contribution >= 4 is 27.3 Å². The number of nitrogens with one attached hydrogen (secondary N) is 1. The van der Waals surface area contributed by atoms with Gasteiger partial charge in [0.25, 0.3) is 11.8 Å². The smallest absolute Gasteiger partial charge is 0.259 e. The number of hydrogen-bond acceptors (Lipinski definition) is 4. The minimum Gasteiger partial charge on any atom is -0.350 e. The van der Waals surface area contributed by atoms with Crippen molar-refractivity contribution in [2.24, 2.45) is 0 Å². The molecule has 4 aromatic rings. The van der Waals surface area contributed by atoms with Gasteiger partial charge < -0.3 is 10.2 Å². The third kappa shape index (κ3) is 5.33. The normalized spacial score (nSPS) is 14.6. The highest BCUT2D eigenvalue weighted by molar-refractivity contribution is 7.91. The first-order valence-electron chi connectivity index (χ1n) is 12.6. The molecule has 1 atom stereocenters. The number of rotatable bonds is 7. The lowest BCUT2D eigenvalue weighted by atomic mass is 10.1. The van der Waals surface area contributed by atoms with Crippen molar-refractivity contribution in [2.45, 2.75) is 42.1 Å². The minimum absolute atomic E-state index is 0.00873. The van der Waals surface area contributed by atoms with Crippen LogP contribution in [0.1, 0.15) is 45.2 Å². The Hall–Kier alpha value is -4.30. The van der Waals surface area contributed by atoms with Crippen molar-refractivity contribution < 1.29 is 22.4 Å². The summed E-state index contributed by atoms with van der Waals surface area (Å²) in [6.45, 7) is 1.69. The van der Waals surface area contributed by atoms with Gasteiger partial charge in [-0.05, 0) is 61.7 Å². The van der Waals surface area contributed by atoms with Crippen molar-refractivity contribution in [3.63, 3.8) is 0 Å². The molecule has 6 nitrogen and oxygen atoms in total. The molecule has 0 fully saturated rings. The van der Waals surface area contributed by atoms with Crippen LogP contribution >= 0.6 is 0 Å². The molecule has 5 rings (SSSR count). The topological polar surface area (TPSA) is 83.6 Å². The summed E-state index contributed by atoms with van der Waals surface area (Å²) in [5.74, 6) is -1.51. The molecule has 0 spiro atoms. The van der Waals surface area contributed by atoms with Crippen molar-refractivity contribution in [1.29, 1.82) is 0 Å². The molecule has 1 heterocycles. The van der Waals surface area contributed by atoms with Crippen LogP contribution in [-0.4, -0.2) is 26.3 Å². The van der Waals surface area contributed by atoms with Gasteiger partial charge in [0.15, 0.2) is 0 Å². The van der Waals surface area contributed by atoms with Crippen LogP contribution in [0.5, 0.6) is 0 Å². The van der Waals surface area contributed by atoms with E-state index in [9.17, 15) is 22.4 Å². The van der Waals surface area contributed by atoms with Crippen LogP contribution in [0.3, 0.4) is 0 Å². The number of hydrogen-bond donors (Lipinski definition) is 1. The average Bonchev–Trinajstić information content (AvgIpc) is 3.01. The lowest BCUT2D eigenvalue weighted by Crippen LogP contribution is -2.34. The predicted octanol–water partition coefficient (Wildman–Crippen LogP) is 5.57. The average molecular weight is 543 g/mol. The van der Waals surface area contributed by atoms with Gasteiger partial charge >= 0.3 is 0 Å². The highest BCUT2D eigenvalue weighted by Crippen LogP contribution is 2.38. The summed E-state index contributed by atoms with van der Waals surface area (Å²) in [6.07, 6.45) is 1.50. The Morgan fingerprint density at radius 2 is 1.59 bits per heavy atom. The summed E-state index contributed by atoms with van der Waals surface area (Å²) in [5, 5.41) is 2.96. The van der Waals surface area contributed by atoms with Crippen LogP contribution in [0.15, 0.2) is 107 Å². The van der Waals surface area contributed by atoms with Crippen LogP contribution in [0.2, 0.25) is 0 Å². The summed E-state index contributed by atoms with van der Waals surface area (Å²) >= 11 is 0. The predicted molar refractivity (Wildman–Crippen MR) is 147 cm³/mol. The molecule has 39 heavy (non-hydrogen) atoms. The van der Waals surface area contributed by atoms with E-state index in [0.717, 1.165) is 12.0 Å². The molecule has 0 saturated carbocycles. The maximum atomic E-state index is 14.6. The Labute approximate surface area is 227 Å². The lowest BCUT2D eigenvalue weighted by Gasteiger charge is -2.24.